The summed E-state index contributed by atoms with van der Waals surface area (Å²) in [6, 6.07) is 7.18. The molecule has 1 aromatic heterocycles. The Kier molecular flexibility index (Phi) is 2.55. The SMILES string of the molecule is COc1ccccc1-c1nc(N)nc(=O)[nH]1. The van der Waals surface area contributed by atoms with Crippen molar-refractivity contribution >= 4 is 5.95 Å². The van der Waals surface area contributed by atoms with Gasteiger partial charge in [0.1, 0.15) is 11.6 Å². The number of hydrogen-bond donors (Lipinski definition) is 2. The average Bonchev–Trinajstić information content (AvgIpc) is 2.27. The molecule has 0 atom stereocenters. The lowest BCUT2D eigenvalue weighted by Gasteiger charge is -2.06. The van der Waals surface area contributed by atoms with Crippen LogP contribution in [0.25, 0.3) is 11.4 Å². The van der Waals surface area contributed by atoms with E-state index in [-0.39, 0.29) is 5.95 Å². The molecule has 0 saturated heterocycles. The van der Waals surface area contributed by atoms with Crippen molar-refractivity contribution < 1.29 is 4.74 Å². The maximum absolute atomic E-state index is 11.2. The van der Waals surface area contributed by atoms with Gasteiger partial charge in [-0.1, -0.05) is 12.1 Å². The smallest absolute Gasteiger partial charge is 0.349 e. The number of nitrogen functional groups attached to an aromatic ring is 1. The topological polar surface area (TPSA) is 93.9 Å². The van der Waals surface area contributed by atoms with Gasteiger partial charge >= 0.3 is 5.69 Å². The van der Waals surface area contributed by atoms with E-state index in [9.17, 15) is 4.79 Å². The molecule has 3 N–H and O–H groups in total. The molecule has 82 valence electrons. The molecule has 1 heterocycles. The van der Waals surface area contributed by atoms with E-state index in [0.29, 0.717) is 17.1 Å². The number of aromatic nitrogens is 3. The number of H-pyrrole nitrogens is 1. The van der Waals surface area contributed by atoms with Crippen LogP contribution >= 0.6 is 0 Å². The molecule has 0 aliphatic carbocycles. The van der Waals surface area contributed by atoms with Crippen molar-refractivity contribution in [3.05, 3.63) is 34.7 Å². The van der Waals surface area contributed by atoms with E-state index in [1.807, 2.05) is 12.1 Å². The number of nitrogens with one attached hydrogen (secondary N) is 1. The Morgan fingerprint density at radius 2 is 2.06 bits per heavy atom. The fourth-order valence-electron chi connectivity index (χ4n) is 1.37. The standard InChI is InChI=1S/C10H10N4O2/c1-16-7-5-3-2-4-6(7)8-12-9(11)14-10(15)13-8/h2-5H,1H3,(H3,11,12,13,14,15). The highest BCUT2D eigenvalue weighted by atomic mass is 16.5. The predicted octanol–water partition coefficient (Wildman–Crippen LogP) is 0.423. The van der Waals surface area contributed by atoms with Gasteiger partial charge < -0.3 is 10.5 Å². The van der Waals surface area contributed by atoms with Crippen molar-refractivity contribution in [1.82, 2.24) is 15.0 Å². The minimum atomic E-state index is -0.534. The second kappa shape index (κ2) is 4.01. The van der Waals surface area contributed by atoms with Crippen LogP contribution < -0.4 is 16.2 Å². The number of ether oxygens (including phenoxy) is 1. The Morgan fingerprint density at radius 3 is 2.75 bits per heavy atom. The second-order valence-corrected chi connectivity index (χ2v) is 3.06. The lowest BCUT2D eigenvalue weighted by molar-refractivity contribution is 0.416. The number of anilines is 1. The number of nitrogens with zero attached hydrogens (tertiary/aromatic N) is 2. The molecule has 0 amide bonds. The Labute approximate surface area is 91.1 Å². The Hall–Kier alpha value is -2.37. The van der Waals surface area contributed by atoms with Crippen molar-refractivity contribution in [2.24, 2.45) is 0 Å². The maximum atomic E-state index is 11.2. The maximum Gasteiger partial charge on any atom is 0.349 e. The van der Waals surface area contributed by atoms with Crippen LogP contribution in [-0.4, -0.2) is 22.1 Å². The van der Waals surface area contributed by atoms with Crippen molar-refractivity contribution in [1.29, 1.82) is 0 Å². The fourth-order valence-corrected chi connectivity index (χ4v) is 1.37. The van der Waals surface area contributed by atoms with E-state index in [1.165, 1.54) is 0 Å². The van der Waals surface area contributed by atoms with E-state index in [4.69, 9.17) is 10.5 Å². The molecular formula is C10H10N4O2. The summed E-state index contributed by atoms with van der Waals surface area (Å²) >= 11 is 0. The molecule has 0 aliphatic heterocycles. The van der Waals surface area contributed by atoms with E-state index in [1.54, 1.807) is 19.2 Å². The van der Waals surface area contributed by atoms with Crippen molar-refractivity contribution in [2.75, 3.05) is 12.8 Å². The van der Waals surface area contributed by atoms with Gasteiger partial charge in [0.25, 0.3) is 0 Å². The molecule has 0 spiro atoms. The molecule has 0 unspecified atom stereocenters. The molecule has 6 heteroatoms. The Balaban J connectivity index is 2.62. The molecule has 2 aromatic rings. The lowest BCUT2D eigenvalue weighted by Crippen LogP contribution is -2.15. The van der Waals surface area contributed by atoms with Crippen LogP contribution in [0, 0.1) is 0 Å². The van der Waals surface area contributed by atoms with Gasteiger partial charge in [-0.05, 0) is 12.1 Å². The van der Waals surface area contributed by atoms with Crippen molar-refractivity contribution in [3.8, 4) is 17.1 Å². The number of nitrogens with two attached hydrogens (primary N) is 1. The summed E-state index contributed by atoms with van der Waals surface area (Å²) in [5.41, 5.74) is 5.53. The number of aromatic amines is 1. The minimum absolute atomic E-state index is 0.0651. The third-order valence-electron chi connectivity index (χ3n) is 2.03. The van der Waals surface area contributed by atoms with Crippen LogP contribution in [0.3, 0.4) is 0 Å². The van der Waals surface area contributed by atoms with Crippen LogP contribution in [0.15, 0.2) is 29.1 Å². The minimum Gasteiger partial charge on any atom is -0.496 e. The van der Waals surface area contributed by atoms with Gasteiger partial charge in [-0.2, -0.15) is 9.97 Å². The molecule has 0 bridgehead atoms. The highest BCUT2D eigenvalue weighted by molar-refractivity contribution is 5.64. The van der Waals surface area contributed by atoms with Crippen LogP contribution in [0.2, 0.25) is 0 Å². The van der Waals surface area contributed by atoms with Crippen LogP contribution in [0.5, 0.6) is 5.75 Å². The van der Waals surface area contributed by atoms with Gasteiger partial charge in [-0.25, -0.2) is 4.79 Å². The van der Waals surface area contributed by atoms with Gasteiger partial charge in [0, 0.05) is 0 Å². The second-order valence-electron chi connectivity index (χ2n) is 3.06. The summed E-state index contributed by atoms with van der Waals surface area (Å²) in [6.07, 6.45) is 0. The summed E-state index contributed by atoms with van der Waals surface area (Å²) in [7, 11) is 1.54. The van der Waals surface area contributed by atoms with E-state index in [0.717, 1.165) is 0 Å². The highest BCUT2D eigenvalue weighted by Crippen LogP contribution is 2.25. The molecule has 0 radical (unpaired) electrons. The molecule has 16 heavy (non-hydrogen) atoms. The summed E-state index contributed by atoms with van der Waals surface area (Å²) in [5.74, 6) is 0.885. The highest BCUT2D eigenvalue weighted by Gasteiger charge is 2.08. The number of rotatable bonds is 2. The average molecular weight is 218 g/mol. The van der Waals surface area contributed by atoms with E-state index in [2.05, 4.69) is 15.0 Å². The molecule has 0 fully saturated rings. The molecule has 1 aromatic carbocycles. The van der Waals surface area contributed by atoms with Crippen molar-refractivity contribution in [3.63, 3.8) is 0 Å². The third kappa shape index (κ3) is 1.85. The van der Waals surface area contributed by atoms with Gasteiger partial charge in [0.05, 0.1) is 12.7 Å². The third-order valence-corrected chi connectivity index (χ3v) is 2.03. The Morgan fingerprint density at radius 1 is 1.31 bits per heavy atom. The summed E-state index contributed by atoms with van der Waals surface area (Å²) in [5, 5.41) is 0. The van der Waals surface area contributed by atoms with Gasteiger partial charge in [0.15, 0.2) is 0 Å². The lowest BCUT2D eigenvalue weighted by atomic mass is 10.2. The zero-order valence-electron chi connectivity index (χ0n) is 8.60. The van der Waals surface area contributed by atoms with Crippen LogP contribution in [0.1, 0.15) is 0 Å². The first kappa shape index (κ1) is 10.2. The Bertz CT molecular complexity index is 565. The molecule has 0 aliphatic rings. The quantitative estimate of drug-likeness (QED) is 0.762. The fraction of sp³-hybridized carbons (Fsp3) is 0.100. The van der Waals surface area contributed by atoms with Gasteiger partial charge in [-0.15, -0.1) is 0 Å². The molecule has 0 saturated carbocycles. The first-order valence-electron chi connectivity index (χ1n) is 4.58. The monoisotopic (exact) mass is 218 g/mol. The summed E-state index contributed by atoms with van der Waals surface area (Å²) in [4.78, 5) is 21.0. The summed E-state index contributed by atoms with van der Waals surface area (Å²) < 4.78 is 5.16. The largest absolute Gasteiger partial charge is 0.496 e. The van der Waals surface area contributed by atoms with E-state index >= 15 is 0 Å². The van der Waals surface area contributed by atoms with Crippen LogP contribution in [0.4, 0.5) is 5.95 Å². The zero-order chi connectivity index (χ0) is 11.5. The molecule has 6 nitrogen and oxygen atoms in total. The molecular weight excluding hydrogens is 208 g/mol. The normalized spacial score (nSPS) is 10.1. The number of methoxy groups -OCH3 is 1. The molecule has 2 rings (SSSR count). The predicted molar refractivity (Wildman–Crippen MR) is 59.1 cm³/mol. The first-order valence-corrected chi connectivity index (χ1v) is 4.58. The summed E-state index contributed by atoms with van der Waals surface area (Å²) in [6.45, 7) is 0. The number of hydrogen-bond acceptors (Lipinski definition) is 5. The number of benzene rings is 1. The van der Waals surface area contributed by atoms with Gasteiger partial charge in [-0.3, -0.25) is 4.98 Å². The van der Waals surface area contributed by atoms with Gasteiger partial charge in [0.2, 0.25) is 5.95 Å². The first-order chi connectivity index (χ1) is 7.70. The number of para-hydroxylation sites is 1. The van der Waals surface area contributed by atoms with E-state index < -0.39 is 5.69 Å². The zero-order valence-corrected chi connectivity index (χ0v) is 8.60. The van der Waals surface area contributed by atoms with Crippen LogP contribution in [-0.2, 0) is 0 Å². The van der Waals surface area contributed by atoms with Crippen molar-refractivity contribution in [2.45, 2.75) is 0 Å².